The van der Waals surface area contributed by atoms with Gasteiger partial charge in [-0.25, -0.2) is 8.42 Å². The van der Waals surface area contributed by atoms with E-state index in [4.69, 9.17) is 4.74 Å². The molecule has 0 bridgehead atoms. The van der Waals surface area contributed by atoms with Crippen LogP contribution in [0.2, 0.25) is 0 Å². The van der Waals surface area contributed by atoms with E-state index in [1.807, 2.05) is 31.2 Å². The van der Waals surface area contributed by atoms with Crippen LogP contribution in [-0.2, 0) is 10.0 Å². The summed E-state index contributed by atoms with van der Waals surface area (Å²) < 4.78 is 31.4. The van der Waals surface area contributed by atoms with Gasteiger partial charge in [-0.1, -0.05) is 18.2 Å². The highest BCUT2D eigenvalue weighted by Gasteiger charge is 2.28. The predicted molar refractivity (Wildman–Crippen MR) is 74.9 cm³/mol. The normalized spacial score (nSPS) is 13.4. The van der Waals surface area contributed by atoms with Crippen LogP contribution in [0.5, 0.6) is 5.75 Å². The Balaban J connectivity index is 2.36. The van der Waals surface area contributed by atoms with Gasteiger partial charge in [-0.3, -0.25) is 5.10 Å². The number of hydrogen-bond acceptors (Lipinski definition) is 4. The Labute approximate surface area is 118 Å². The second-order valence-electron chi connectivity index (χ2n) is 4.36. The van der Waals surface area contributed by atoms with Gasteiger partial charge in [0.1, 0.15) is 5.75 Å². The highest BCUT2D eigenvalue weighted by Crippen LogP contribution is 2.30. The van der Waals surface area contributed by atoms with Crippen molar-refractivity contribution in [2.75, 3.05) is 14.2 Å². The molecule has 108 valence electrons. The molecule has 7 heteroatoms. The van der Waals surface area contributed by atoms with Crippen LogP contribution in [0.15, 0.2) is 41.6 Å². The number of rotatable bonds is 5. The van der Waals surface area contributed by atoms with Crippen LogP contribution >= 0.6 is 0 Å². The van der Waals surface area contributed by atoms with Gasteiger partial charge in [-0.2, -0.15) is 9.40 Å². The first kappa shape index (κ1) is 14.5. The zero-order chi connectivity index (χ0) is 14.8. The molecule has 2 rings (SSSR count). The number of methoxy groups -OCH3 is 1. The van der Waals surface area contributed by atoms with E-state index in [0.29, 0.717) is 5.75 Å². The van der Waals surface area contributed by atoms with Crippen molar-refractivity contribution in [1.29, 1.82) is 0 Å². The summed E-state index contributed by atoms with van der Waals surface area (Å²) in [6.07, 6.45) is 1.41. The van der Waals surface area contributed by atoms with Crippen LogP contribution in [0.25, 0.3) is 0 Å². The number of aromatic amines is 1. The Morgan fingerprint density at radius 2 is 2.00 bits per heavy atom. The van der Waals surface area contributed by atoms with E-state index in [1.54, 1.807) is 7.11 Å². The van der Waals surface area contributed by atoms with Crippen LogP contribution in [0.3, 0.4) is 0 Å². The number of ether oxygens (including phenoxy) is 1. The summed E-state index contributed by atoms with van der Waals surface area (Å²) in [6, 6.07) is 8.43. The third-order valence-electron chi connectivity index (χ3n) is 3.27. The number of sulfonamides is 1. The van der Waals surface area contributed by atoms with Crippen molar-refractivity contribution in [3.05, 3.63) is 42.1 Å². The summed E-state index contributed by atoms with van der Waals surface area (Å²) in [4.78, 5) is 0. The van der Waals surface area contributed by atoms with Crippen molar-refractivity contribution < 1.29 is 13.2 Å². The molecule has 0 saturated heterocycles. The second-order valence-corrected chi connectivity index (χ2v) is 6.33. The molecule has 1 N–H and O–H groups in total. The molecule has 0 saturated carbocycles. The van der Waals surface area contributed by atoms with Gasteiger partial charge in [0.2, 0.25) is 0 Å². The van der Waals surface area contributed by atoms with Crippen LogP contribution < -0.4 is 4.74 Å². The number of aromatic nitrogens is 2. The maximum absolute atomic E-state index is 12.4. The average molecular weight is 295 g/mol. The van der Waals surface area contributed by atoms with Crippen molar-refractivity contribution in [1.82, 2.24) is 14.5 Å². The number of benzene rings is 1. The van der Waals surface area contributed by atoms with Gasteiger partial charge in [0.25, 0.3) is 10.0 Å². The summed E-state index contributed by atoms with van der Waals surface area (Å²) in [6.45, 7) is 1.81. The number of nitrogens with zero attached hydrogens (tertiary/aromatic N) is 2. The van der Waals surface area contributed by atoms with Gasteiger partial charge in [0.05, 0.1) is 19.3 Å². The molecule has 1 atom stereocenters. The third-order valence-corrected chi connectivity index (χ3v) is 5.12. The van der Waals surface area contributed by atoms with Crippen LogP contribution in [0, 0.1) is 0 Å². The first-order valence-corrected chi connectivity index (χ1v) is 7.53. The minimum atomic E-state index is -3.61. The number of para-hydroxylation sites is 1. The van der Waals surface area contributed by atoms with Crippen LogP contribution in [0.4, 0.5) is 0 Å². The summed E-state index contributed by atoms with van der Waals surface area (Å²) >= 11 is 0. The zero-order valence-electron chi connectivity index (χ0n) is 11.6. The molecule has 20 heavy (non-hydrogen) atoms. The van der Waals surface area contributed by atoms with E-state index in [1.165, 1.54) is 23.6 Å². The standard InChI is InChI=1S/C13H17N3O3S/c1-10(11-6-4-5-7-12(11)19-3)16(2)20(17,18)13-8-9-14-15-13/h4-10H,1-3H3,(H,14,15). The lowest BCUT2D eigenvalue weighted by atomic mass is 10.1. The fraction of sp³-hybridized carbons (Fsp3) is 0.308. The van der Waals surface area contributed by atoms with E-state index < -0.39 is 10.0 Å². The molecule has 1 aromatic carbocycles. The lowest BCUT2D eigenvalue weighted by molar-refractivity contribution is 0.366. The average Bonchev–Trinajstić information content (AvgIpc) is 3.00. The smallest absolute Gasteiger partial charge is 0.260 e. The minimum absolute atomic E-state index is 0.0711. The Bertz CT molecular complexity index is 668. The molecule has 2 aromatic rings. The predicted octanol–water partition coefficient (Wildman–Crippen LogP) is 1.80. The molecule has 0 aliphatic rings. The highest BCUT2D eigenvalue weighted by atomic mass is 32.2. The molecule has 0 aliphatic heterocycles. The van der Waals surface area contributed by atoms with E-state index in [9.17, 15) is 8.42 Å². The van der Waals surface area contributed by atoms with E-state index in [2.05, 4.69) is 10.2 Å². The van der Waals surface area contributed by atoms with Crippen molar-refractivity contribution in [3.63, 3.8) is 0 Å². The SMILES string of the molecule is COc1ccccc1C(C)N(C)S(=O)(=O)c1ccn[nH]1. The molecule has 1 unspecified atom stereocenters. The van der Waals surface area contributed by atoms with Crippen molar-refractivity contribution in [3.8, 4) is 5.75 Å². The molecule has 0 fully saturated rings. The van der Waals surface area contributed by atoms with Gasteiger partial charge >= 0.3 is 0 Å². The topological polar surface area (TPSA) is 75.3 Å². The first-order valence-electron chi connectivity index (χ1n) is 6.09. The molecular weight excluding hydrogens is 278 g/mol. The Kier molecular flexibility index (Phi) is 4.10. The lowest BCUT2D eigenvalue weighted by Crippen LogP contribution is -2.30. The number of nitrogens with one attached hydrogen (secondary N) is 1. The molecule has 0 spiro atoms. The van der Waals surface area contributed by atoms with Crippen molar-refractivity contribution >= 4 is 10.0 Å². The van der Waals surface area contributed by atoms with Gasteiger partial charge < -0.3 is 4.74 Å². The highest BCUT2D eigenvalue weighted by molar-refractivity contribution is 7.89. The second kappa shape index (κ2) is 5.64. The van der Waals surface area contributed by atoms with Gasteiger partial charge in [0.15, 0.2) is 5.03 Å². The third kappa shape index (κ3) is 2.54. The van der Waals surface area contributed by atoms with E-state index in [-0.39, 0.29) is 11.1 Å². The quantitative estimate of drug-likeness (QED) is 0.912. The summed E-state index contributed by atoms with van der Waals surface area (Å²) in [7, 11) is -0.509. The summed E-state index contributed by atoms with van der Waals surface area (Å²) in [5, 5.41) is 6.23. The van der Waals surface area contributed by atoms with Crippen molar-refractivity contribution in [2.45, 2.75) is 18.0 Å². The maximum Gasteiger partial charge on any atom is 0.260 e. The molecule has 0 aliphatic carbocycles. The molecular formula is C13H17N3O3S. The Hall–Kier alpha value is -1.86. The molecule has 1 heterocycles. The molecule has 0 amide bonds. The van der Waals surface area contributed by atoms with Crippen LogP contribution in [0.1, 0.15) is 18.5 Å². The maximum atomic E-state index is 12.4. The van der Waals surface area contributed by atoms with Gasteiger partial charge in [-0.15, -0.1) is 0 Å². The summed E-state index contributed by atoms with van der Waals surface area (Å²) in [5.41, 5.74) is 0.806. The zero-order valence-corrected chi connectivity index (χ0v) is 12.4. The first-order chi connectivity index (χ1) is 9.48. The largest absolute Gasteiger partial charge is 0.496 e. The van der Waals surface area contributed by atoms with Gasteiger partial charge in [-0.05, 0) is 19.1 Å². The molecule has 6 nitrogen and oxygen atoms in total. The summed E-state index contributed by atoms with van der Waals surface area (Å²) in [5.74, 6) is 0.659. The molecule has 0 radical (unpaired) electrons. The van der Waals surface area contributed by atoms with E-state index >= 15 is 0 Å². The monoisotopic (exact) mass is 295 g/mol. The fourth-order valence-electron chi connectivity index (χ4n) is 1.96. The Morgan fingerprint density at radius 1 is 1.30 bits per heavy atom. The fourth-order valence-corrected chi connectivity index (χ4v) is 3.20. The minimum Gasteiger partial charge on any atom is -0.496 e. The number of hydrogen-bond donors (Lipinski definition) is 1. The Morgan fingerprint density at radius 3 is 2.60 bits per heavy atom. The van der Waals surface area contributed by atoms with E-state index in [0.717, 1.165) is 5.56 Å². The van der Waals surface area contributed by atoms with Gasteiger partial charge in [0, 0.05) is 12.6 Å². The van der Waals surface area contributed by atoms with Crippen LogP contribution in [-0.4, -0.2) is 37.1 Å². The van der Waals surface area contributed by atoms with Crippen molar-refractivity contribution in [2.24, 2.45) is 0 Å². The number of H-pyrrole nitrogens is 1. The molecule has 1 aromatic heterocycles. The lowest BCUT2D eigenvalue weighted by Gasteiger charge is -2.25.